The Balaban J connectivity index is 1.94. The highest BCUT2D eigenvalue weighted by Crippen LogP contribution is 2.14. The van der Waals surface area contributed by atoms with Crippen LogP contribution in [0.4, 0.5) is 0 Å². The average molecular weight is 239 g/mol. The van der Waals surface area contributed by atoms with E-state index in [-0.39, 0.29) is 0 Å². The second-order valence-electron chi connectivity index (χ2n) is 4.42. The molecule has 3 heteroatoms. The number of hydrogen-bond acceptors (Lipinski definition) is 2. The van der Waals surface area contributed by atoms with Crippen LogP contribution in [0.25, 0.3) is 0 Å². The highest BCUT2D eigenvalue weighted by molar-refractivity contribution is 6.30. The van der Waals surface area contributed by atoms with Gasteiger partial charge in [-0.1, -0.05) is 30.7 Å². The van der Waals surface area contributed by atoms with Crippen molar-refractivity contribution < 1.29 is 0 Å². The molecule has 0 spiro atoms. The van der Waals surface area contributed by atoms with Crippen molar-refractivity contribution in [2.75, 3.05) is 19.6 Å². The Labute approximate surface area is 103 Å². The first kappa shape index (κ1) is 11.9. The molecular formula is C13H19ClN2. The summed E-state index contributed by atoms with van der Waals surface area (Å²) in [5.41, 5.74) is 1.31. The molecule has 1 aliphatic heterocycles. The van der Waals surface area contributed by atoms with E-state index in [1.807, 2.05) is 12.1 Å². The lowest BCUT2D eigenvalue weighted by Gasteiger charge is -2.33. The highest BCUT2D eigenvalue weighted by atomic mass is 35.5. The second-order valence-corrected chi connectivity index (χ2v) is 4.86. The number of nitrogens with one attached hydrogen (secondary N) is 1. The molecule has 2 rings (SSSR count). The number of hydrogen-bond donors (Lipinski definition) is 1. The topological polar surface area (TPSA) is 15.3 Å². The Hall–Kier alpha value is -0.570. The standard InChI is InChI=1S/C13H19ClN2/c1-2-13-10-16(7-6-15-13)9-11-4-3-5-12(14)8-11/h3-5,8,13,15H,2,6-7,9-10H2,1H3/t13-/m0/s1. The van der Waals surface area contributed by atoms with Crippen molar-refractivity contribution in [3.63, 3.8) is 0 Å². The molecule has 16 heavy (non-hydrogen) atoms. The van der Waals surface area contributed by atoms with Crippen LogP contribution in [0.1, 0.15) is 18.9 Å². The minimum atomic E-state index is 0.646. The molecule has 0 radical (unpaired) electrons. The molecule has 1 fully saturated rings. The van der Waals surface area contributed by atoms with Crippen LogP contribution >= 0.6 is 11.6 Å². The SMILES string of the molecule is CC[C@H]1CN(Cc2cccc(Cl)c2)CCN1. The highest BCUT2D eigenvalue weighted by Gasteiger charge is 2.17. The summed E-state index contributed by atoms with van der Waals surface area (Å²) < 4.78 is 0. The number of nitrogens with zero attached hydrogens (tertiary/aromatic N) is 1. The van der Waals surface area contributed by atoms with E-state index in [1.165, 1.54) is 12.0 Å². The van der Waals surface area contributed by atoms with Gasteiger partial charge in [-0.25, -0.2) is 0 Å². The molecule has 0 amide bonds. The van der Waals surface area contributed by atoms with Crippen LogP contribution in [0.2, 0.25) is 5.02 Å². The molecule has 1 heterocycles. The van der Waals surface area contributed by atoms with E-state index in [4.69, 9.17) is 11.6 Å². The molecule has 0 aromatic heterocycles. The average Bonchev–Trinajstić information content (AvgIpc) is 2.29. The Morgan fingerprint density at radius 1 is 1.50 bits per heavy atom. The van der Waals surface area contributed by atoms with E-state index >= 15 is 0 Å². The zero-order valence-corrected chi connectivity index (χ0v) is 10.5. The number of piperazine rings is 1. The maximum atomic E-state index is 5.99. The van der Waals surface area contributed by atoms with Crippen LogP contribution in [0.15, 0.2) is 24.3 Å². The molecule has 0 bridgehead atoms. The summed E-state index contributed by atoms with van der Waals surface area (Å²) in [6, 6.07) is 8.81. The van der Waals surface area contributed by atoms with Crippen LogP contribution in [0, 0.1) is 0 Å². The van der Waals surface area contributed by atoms with Crippen molar-refractivity contribution >= 4 is 11.6 Å². The predicted octanol–water partition coefficient (Wildman–Crippen LogP) is 2.52. The van der Waals surface area contributed by atoms with E-state index in [0.29, 0.717) is 6.04 Å². The van der Waals surface area contributed by atoms with Gasteiger partial charge in [-0.15, -0.1) is 0 Å². The molecule has 0 saturated carbocycles. The lowest BCUT2D eigenvalue weighted by molar-refractivity contribution is 0.190. The van der Waals surface area contributed by atoms with Gasteiger partial charge in [0, 0.05) is 37.2 Å². The van der Waals surface area contributed by atoms with Crippen molar-refractivity contribution in [3.05, 3.63) is 34.9 Å². The molecule has 1 aromatic carbocycles. The van der Waals surface area contributed by atoms with Crippen molar-refractivity contribution in [2.24, 2.45) is 0 Å². The number of halogens is 1. The van der Waals surface area contributed by atoms with E-state index < -0.39 is 0 Å². The molecule has 0 aliphatic carbocycles. The second kappa shape index (κ2) is 5.67. The maximum Gasteiger partial charge on any atom is 0.0409 e. The van der Waals surface area contributed by atoms with Crippen LogP contribution in [-0.4, -0.2) is 30.6 Å². The number of rotatable bonds is 3. The van der Waals surface area contributed by atoms with Crippen LogP contribution in [0.5, 0.6) is 0 Å². The molecule has 1 atom stereocenters. The number of benzene rings is 1. The van der Waals surface area contributed by atoms with E-state index in [9.17, 15) is 0 Å². The van der Waals surface area contributed by atoms with Gasteiger partial charge in [-0.2, -0.15) is 0 Å². The molecule has 1 saturated heterocycles. The lowest BCUT2D eigenvalue weighted by Crippen LogP contribution is -2.49. The summed E-state index contributed by atoms with van der Waals surface area (Å²) in [7, 11) is 0. The molecule has 88 valence electrons. The minimum absolute atomic E-state index is 0.646. The maximum absolute atomic E-state index is 5.99. The first-order valence-electron chi connectivity index (χ1n) is 5.98. The Bertz CT molecular complexity index is 340. The zero-order chi connectivity index (χ0) is 11.4. The summed E-state index contributed by atoms with van der Waals surface area (Å²) in [5, 5.41) is 4.36. The van der Waals surface area contributed by atoms with Gasteiger partial charge in [0.25, 0.3) is 0 Å². The Morgan fingerprint density at radius 2 is 2.38 bits per heavy atom. The van der Waals surface area contributed by atoms with Gasteiger partial charge in [0.15, 0.2) is 0 Å². The van der Waals surface area contributed by atoms with Crippen molar-refractivity contribution in [1.82, 2.24) is 10.2 Å². The fraction of sp³-hybridized carbons (Fsp3) is 0.538. The van der Waals surface area contributed by atoms with E-state index in [2.05, 4.69) is 29.3 Å². The van der Waals surface area contributed by atoms with Crippen molar-refractivity contribution in [3.8, 4) is 0 Å². The summed E-state index contributed by atoms with van der Waals surface area (Å²) in [6.07, 6.45) is 1.20. The molecule has 2 nitrogen and oxygen atoms in total. The van der Waals surface area contributed by atoms with Crippen LogP contribution in [0.3, 0.4) is 0 Å². The van der Waals surface area contributed by atoms with Gasteiger partial charge in [-0.3, -0.25) is 4.90 Å². The van der Waals surface area contributed by atoms with Gasteiger partial charge in [0.2, 0.25) is 0 Å². The van der Waals surface area contributed by atoms with Gasteiger partial charge in [-0.05, 0) is 24.1 Å². The molecular weight excluding hydrogens is 220 g/mol. The third-order valence-corrected chi connectivity index (χ3v) is 3.36. The minimum Gasteiger partial charge on any atom is -0.311 e. The first-order chi connectivity index (χ1) is 7.78. The normalized spacial score (nSPS) is 22.2. The first-order valence-corrected chi connectivity index (χ1v) is 6.36. The third kappa shape index (κ3) is 3.21. The van der Waals surface area contributed by atoms with Gasteiger partial charge in [0.05, 0.1) is 0 Å². The quantitative estimate of drug-likeness (QED) is 0.871. The largest absolute Gasteiger partial charge is 0.311 e. The van der Waals surface area contributed by atoms with Crippen LogP contribution < -0.4 is 5.32 Å². The molecule has 1 aliphatic rings. The van der Waals surface area contributed by atoms with E-state index in [0.717, 1.165) is 31.2 Å². The Morgan fingerprint density at radius 3 is 3.12 bits per heavy atom. The Kier molecular flexibility index (Phi) is 4.22. The van der Waals surface area contributed by atoms with Gasteiger partial charge >= 0.3 is 0 Å². The van der Waals surface area contributed by atoms with E-state index in [1.54, 1.807) is 0 Å². The fourth-order valence-electron chi connectivity index (χ4n) is 2.20. The van der Waals surface area contributed by atoms with Crippen molar-refractivity contribution in [2.45, 2.75) is 25.9 Å². The fourth-order valence-corrected chi connectivity index (χ4v) is 2.42. The smallest absolute Gasteiger partial charge is 0.0409 e. The predicted molar refractivity (Wildman–Crippen MR) is 68.8 cm³/mol. The summed E-state index contributed by atoms with van der Waals surface area (Å²) in [4.78, 5) is 2.50. The van der Waals surface area contributed by atoms with Gasteiger partial charge in [0.1, 0.15) is 0 Å². The van der Waals surface area contributed by atoms with Gasteiger partial charge < -0.3 is 5.32 Å². The monoisotopic (exact) mass is 238 g/mol. The third-order valence-electron chi connectivity index (χ3n) is 3.13. The lowest BCUT2D eigenvalue weighted by atomic mass is 10.1. The molecule has 1 aromatic rings. The summed E-state index contributed by atoms with van der Waals surface area (Å²) in [6.45, 7) is 6.62. The summed E-state index contributed by atoms with van der Waals surface area (Å²) in [5.74, 6) is 0. The zero-order valence-electron chi connectivity index (χ0n) is 9.75. The summed E-state index contributed by atoms with van der Waals surface area (Å²) >= 11 is 5.99. The molecule has 1 N–H and O–H groups in total. The van der Waals surface area contributed by atoms with Crippen LogP contribution in [-0.2, 0) is 6.54 Å². The molecule has 0 unspecified atom stereocenters. The van der Waals surface area contributed by atoms with Crippen molar-refractivity contribution in [1.29, 1.82) is 0 Å².